The molecule has 1 aliphatic heterocycles. The van der Waals surface area contributed by atoms with Crippen molar-refractivity contribution < 1.29 is 19.2 Å². The maximum atomic E-state index is 12.3. The Morgan fingerprint density at radius 3 is 2.48 bits per heavy atom. The SMILES string of the molecule is Cc1cc([N+](=O)[O-])ccc1NC(=O)CN1CCC(CNC(=O)OC(C)(C)C)CC1. The van der Waals surface area contributed by atoms with Crippen LogP contribution < -0.4 is 10.6 Å². The number of hydrogen-bond acceptors (Lipinski definition) is 6. The third-order valence-electron chi connectivity index (χ3n) is 4.70. The van der Waals surface area contributed by atoms with Crippen molar-refractivity contribution in [2.45, 2.75) is 46.1 Å². The second-order valence-corrected chi connectivity index (χ2v) is 8.41. The average Bonchev–Trinajstić information content (AvgIpc) is 2.61. The van der Waals surface area contributed by atoms with Gasteiger partial charge >= 0.3 is 6.09 Å². The lowest BCUT2D eigenvalue weighted by Gasteiger charge is -2.31. The zero-order chi connectivity index (χ0) is 21.6. The summed E-state index contributed by atoms with van der Waals surface area (Å²) in [6, 6.07) is 4.38. The van der Waals surface area contributed by atoms with Gasteiger partial charge in [0.25, 0.3) is 5.69 Å². The monoisotopic (exact) mass is 406 g/mol. The molecule has 2 amide bonds. The molecule has 0 aliphatic carbocycles. The molecule has 0 atom stereocenters. The first kappa shape index (κ1) is 22.6. The predicted molar refractivity (Wildman–Crippen MR) is 110 cm³/mol. The summed E-state index contributed by atoms with van der Waals surface area (Å²) in [5.74, 6) is 0.214. The molecule has 0 bridgehead atoms. The zero-order valence-corrected chi connectivity index (χ0v) is 17.5. The average molecular weight is 406 g/mol. The van der Waals surface area contributed by atoms with E-state index in [1.54, 1.807) is 13.0 Å². The molecule has 29 heavy (non-hydrogen) atoms. The van der Waals surface area contributed by atoms with E-state index in [1.165, 1.54) is 12.1 Å². The van der Waals surface area contributed by atoms with Gasteiger partial charge in [-0.25, -0.2) is 4.79 Å². The maximum absolute atomic E-state index is 12.3. The van der Waals surface area contributed by atoms with Gasteiger partial charge in [-0.05, 0) is 71.2 Å². The van der Waals surface area contributed by atoms with Gasteiger partial charge in [-0.15, -0.1) is 0 Å². The highest BCUT2D eigenvalue weighted by Gasteiger charge is 2.23. The number of likely N-dealkylation sites (tertiary alicyclic amines) is 1. The molecule has 0 spiro atoms. The van der Waals surface area contributed by atoms with Gasteiger partial charge in [0.2, 0.25) is 5.91 Å². The summed E-state index contributed by atoms with van der Waals surface area (Å²) in [5, 5.41) is 16.4. The smallest absolute Gasteiger partial charge is 0.407 e. The van der Waals surface area contributed by atoms with Crippen LogP contribution in [0.5, 0.6) is 0 Å². The van der Waals surface area contributed by atoms with Gasteiger partial charge in [-0.3, -0.25) is 19.8 Å². The molecule has 2 rings (SSSR count). The second-order valence-electron chi connectivity index (χ2n) is 8.41. The van der Waals surface area contributed by atoms with Crippen molar-refractivity contribution in [1.82, 2.24) is 10.2 Å². The number of benzene rings is 1. The normalized spacial score (nSPS) is 15.6. The molecule has 1 saturated heterocycles. The molecule has 1 aromatic rings. The summed E-state index contributed by atoms with van der Waals surface area (Å²) in [5.41, 5.74) is 0.724. The molecule has 9 heteroatoms. The van der Waals surface area contributed by atoms with E-state index in [0.29, 0.717) is 23.7 Å². The second kappa shape index (κ2) is 9.69. The van der Waals surface area contributed by atoms with Crippen molar-refractivity contribution in [3.63, 3.8) is 0 Å². The zero-order valence-electron chi connectivity index (χ0n) is 17.5. The van der Waals surface area contributed by atoms with Crippen molar-refractivity contribution in [3.8, 4) is 0 Å². The maximum Gasteiger partial charge on any atom is 0.407 e. The third kappa shape index (κ3) is 7.69. The minimum atomic E-state index is -0.511. The Labute approximate surface area is 170 Å². The summed E-state index contributed by atoms with van der Waals surface area (Å²) in [7, 11) is 0. The predicted octanol–water partition coefficient (Wildman–Crippen LogP) is 3.08. The number of alkyl carbamates (subject to hydrolysis) is 1. The molecular formula is C20H30N4O5. The number of rotatable bonds is 6. The number of amides is 2. The van der Waals surface area contributed by atoms with Crippen molar-refractivity contribution in [3.05, 3.63) is 33.9 Å². The van der Waals surface area contributed by atoms with E-state index in [-0.39, 0.29) is 18.1 Å². The van der Waals surface area contributed by atoms with Gasteiger partial charge in [0.15, 0.2) is 0 Å². The number of nitro groups is 1. The Balaban J connectivity index is 1.73. The molecule has 0 aromatic heterocycles. The summed E-state index contributed by atoms with van der Waals surface area (Å²) in [6.45, 7) is 9.59. The number of carbonyl (C=O) groups is 2. The number of aryl methyl sites for hydroxylation is 1. The highest BCUT2D eigenvalue weighted by molar-refractivity contribution is 5.93. The topological polar surface area (TPSA) is 114 Å². The summed E-state index contributed by atoms with van der Waals surface area (Å²) in [6.07, 6.45) is 1.37. The van der Waals surface area contributed by atoms with E-state index in [0.717, 1.165) is 25.9 Å². The third-order valence-corrected chi connectivity index (χ3v) is 4.70. The van der Waals surface area contributed by atoms with Gasteiger partial charge in [-0.1, -0.05) is 0 Å². The molecule has 1 aromatic carbocycles. The minimum absolute atomic E-state index is 0.00237. The summed E-state index contributed by atoms with van der Waals surface area (Å²) < 4.78 is 5.24. The Bertz CT molecular complexity index is 752. The van der Waals surface area contributed by atoms with Crippen LogP contribution in [-0.2, 0) is 9.53 Å². The Kier molecular flexibility index (Phi) is 7.55. The number of anilines is 1. The highest BCUT2D eigenvalue weighted by atomic mass is 16.6. The van der Waals surface area contributed by atoms with Crippen molar-refractivity contribution in [1.29, 1.82) is 0 Å². The number of piperidine rings is 1. The van der Waals surface area contributed by atoms with E-state index in [1.807, 2.05) is 20.8 Å². The Hall–Kier alpha value is -2.68. The molecule has 0 radical (unpaired) electrons. The Morgan fingerprint density at radius 2 is 1.93 bits per heavy atom. The van der Waals surface area contributed by atoms with Crippen LogP contribution in [0.25, 0.3) is 0 Å². The van der Waals surface area contributed by atoms with Crippen molar-refractivity contribution >= 4 is 23.4 Å². The lowest BCUT2D eigenvalue weighted by atomic mass is 9.97. The lowest BCUT2D eigenvalue weighted by molar-refractivity contribution is -0.384. The number of non-ortho nitro benzene ring substituents is 1. The fourth-order valence-corrected chi connectivity index (χ4v) is 3.19. The number of ether oxygens (including phenoxy) is 1. The molecule has 0 saturated carbocycles. The number of nitrogens with zero attached hydrogens (tertiary/aromatic N) is 2. The van der Waals surface area contributed by atoms with E-state index in [4.69, 9.17) is 4.74 Å². The molecular weight excluding hydrogens is 376 g/mol. The van der Waals surface area contributed by atoms with Crippen LogP contribution in [-0.4, -0.2) is 53.6 Å². The van der Waals surface area contributed by atoms with E-state index in [9.17, 15) is 19.7 Å². The van der Waals surface area contributed by atoms with E-state index in [2.05, 4.69) is 15.5 Å². The summed E-state index contributed by atoms with van der Waals surface area (Å²) in [4.78, 5) is 36.5. The van der Waals surface area contributed by atoms with Crippen LogP contribution in [0, 0.1) is 23.0 Å². The van der Waals surface area contributed by atoms with Gasteiger partial charge in [0.1, 0.15) is 5.60 Å². The van der Waals surface area contributed by atoms with Crippen molar-refractivity contribution in [2.75, 3.05) is 31.5 Å². The van der Waals surface area contributed by atoms with Crippen LogP contribution in [0.4, 0.5) is 16.2 Å². The van der Waals surface area contributed by atoms with Gasteiger partial charge in [0.05, 0.1) is 11.5 Å². The molecule has 0 unspecified atom stereocenters. The first-order valence-corrected chi connectivity index (χ1v) is 9.77. The molecule has 1 fully saturated rings. The first-order valence-electron chi connectivity index (χ1n) is 9.77. The van der Waals surface area contributed by atoms with E-state index >= 15 is 0 Å². The standard InChI is InChI=1S/C20H30N4O5/c1-14-11-16(24(27)28)5-6-17(14)22-18(25)13-23-9-7-15(8-10-23)12-21-19(26)29-20(2,3)4/h5-6,11,15H,7-10,12-13H2,1-4H3,(H,21,26)(H,22,25). The number of hydrogen-bond donors (Lipinski definition) is 2. The minimum Gasteiger partial charge on any atom is -0.444 e. The lowest BCUT2D eigenvalue weighted by Crippen LogP contribution is -2.42. The van der Waals surface area contributed by atoms with Gasteiger partial charge in [-0.2, -0.15) is 0 Å². The van der Waals surface area contributed by atoms with Crippen LogP contribution in [0.15, 0.2) is 18.2 Å². The quantitative estimate of drug-likeness (QED) is 0.554. The number of nitro benzene ring substituents is 1. The Morgan fingerprint density at radius 1 is 1.28 bits per heavy atom. The molecule has 160 valence electrons. The molecule has 9 nitrogen and oxygen atoms in total. The van der Waals surface area contributed by atoms with Crippen LogP contribution >= 0.6 is 0 Å². The number of carbonyl (C=O) groups excluding carboxylic acids is 2. The van der Waals surface area contributed by atoms with E-state index < -0.39 is 16.6 Å². The van der Waals surface area contributed by atoms with Gasteiger partial charge < -0.3 is 15.4 Å². The molecule has 1 heterocycles. The summed E-state index contributed by atoms with van der Waals surface area (Å²) >= 11 is 0. The van der Waals surface area contributed by atoms with Gasteiger partial charge in [0, 0.05) is 24.4 Å². The first-order chi connectivity index (χ1) is 13.5. The van der Waals surface area contributed by atoms with Crippen LogP contribution in [0.3, 0.4) is 0 Å². The fraction of sp³-hybridized carbons (Fsp3) is 0.600. The highest BCUT2D eigenvalue weighted by Crippen LogP contribution is 2.21. The molecule has 2 N–H and O–H groups in total. The van der Waals surface area contributed by atoms with Crippen LogP contribution in [0.1, 0.15) is 39.2 Å². The molecule has 1 aliphatic rings. The fourth-order valence-electron chi connectivity index (χ4n) is 3.19. The van der Waals surface area contributed by atoms with Crippen LogP contribution in [0.2, 0.25) is 0 Å². The van der Waals surface area contributed by atoms with Crippen molar-refractivity contribution in [2.24, 2.45) is 5.92 Å². The number of nitrogens with one attached hydrogen (secondary N) is 2. The largest absolute Gasteiger partial charge is 0.444 e.